The highest BCUT2D eigenvalue weighted by atomic mass is 16.3. The minimum absolute atomic E-state index is 0.0525. The van der Waals surface area contributed by atoms with Crippen LogP contribution in [0.2, 0.25) is 0 Å². The van der Waals surface area contributed by atoms with Gasteiger partial charge in [0, 0.05) is 6.42 Å². The first-order valence-corrected chi connectivity index (χ1v) is 36.4. The van der Waals surface area contributed by atoms with Crippen LogP contribution in [0, 0.1) is 0 Å². The molecule has 0 rings (SSSR count). The fourth-order valence-corrected chi connectivity index (χ4v) is 12.0. The summed E-state index contributed by atoms with van der Waals surface area (Å²) in [5.41, 5.74) is 0. The lowest BCUT2D eigenvalue weighted by molar-refractivity contribution is -0.123. The van der Waals surface area contributed by atoms with Crippen LogP contribution < -0.4 is 5.32 Å². The molecule has 0 saturated carbocycles. The number of hydrogen-bond donors (Lipinski definition) is 3. The largest absolute Gasteiger partial charge is 0.394 e. The third kappa shape index (κ3) is 65.8. The number of nitrogens with one attached hydrogen (secondary N) is 1. The monoisotopic (exact) mass is 1080 g/mol. The summed E-state index contributed by atoms with van der Waals surface area (Å²) < 4.78 is 0. The normalized spacial score (nSPS) is 12.6. The van der Waals surface area contributed by atoms with E-state index in [9.17, 15) is 15.0 Å². The van der Waals surface area contributed by atoms with Crippen LogP contribution in [0.15, 0.2) is 12.2 Å². The molecular formula is C73H145NO3. The topological polar surface area (TPSA) is 69.6 Å². The van der Waals surface area contributed by atoms with Crippen LogP contribution in [-0.2, 0) is 4.79 Å². The van der Waals surface area contributed by atoms with Crippen molar-refractivity contribution in [2.45, 2.75) is 443 Å². The van der Waals surface area contributed by atoms with Gasteiger partial charge in [-0.15, -0.1) is 0 Å². The van der Waals surface area contributed by atoms with Gasteiger partial charge in [0.1, 0.15) is 0 Å². The fourth-order valence-electron chi connectivity index (χ4n) is 12.0. The average Bonchev–Trinajstić information content (AvgIpc) is 3.43. The number of aliphatic hydroxyl groups excluding tert-OH is 2. The summed E-state index contributed by atoms with van der Waals surface area (Å²) in [6, 6.07) is -0.620. The van der Waals surface area contributed by atoms with Gasteiger partial charge >= 0.3 is 0 Å². The molecule has 3 N–H and O–H groups in total. The van der Waals surface area contributed by atoms with E-state index in [4.69, 9.17) is 0 Å². The van der Waals surface area contributed by atoms with E-state index in [0.717, 1.165) is 25.7 Å². The molecule has 0 aromatic carbocycles. The molecule has 0 aromatic rings. The second kappa shape index (κ2) is 69.4. The molecular weight excluding hydrogens is 939 g/mol. The Hall–Kier alpha value is -0.870. The highest BCUT2D eigenvalue weighted by molar-refractivity contribution is 5.76. The van der Waals surface area contributed by atoms with Gasteiger partial charge in [-0.25, -0.2) is 0 Å². The summed E-state index contributed by atoms with van der Waals surface area (Å²) in [5.74, 6) is -0.0525. The molecule has 1 amide bonds. The number of carbonyl (C=O) groups excluding carboxylic acids is 1. The molecule has 77 heavy (non-hydrogen) atoms. The minimum Gasteiger partial charge on any atom is -0.394 e. The predicted molar refractivity (Wildman–Crippen MR) is 346 cm³/mol. The van der Waals surface area contributed by atoms with Crippen molar-refractivity contribution in [1.29, 1.82) is 0 Å². The van der Waals surface area contributed by atoms with E-state index in [2.05, 4.69) is 19.2 Å². The summed E-state index contributed by atoms with van der Waals surface area (Å²) >= 11 is 0. The standard InChI is InChI=1S/C73H145NO3/c1-3-5-7-9-11-13-15-17-19-21-23-25-27-29-31-33-34-35-36-37-38-39-41-43-45-47-49-51-53-55-57-59-61-63-65-67-69-73(77)74-71(70-75)72(76)68-66-64-62-60-58-56-54-52-50-48-46-44-42-40-32-30-28-26-24-22-20-18-16-14-12-10-8-6-4-2/h66,68,71-72,75-76H,3-65,67,69-70H2,1-2H3,(H,74,77)/b68-66+. The highest BCUT2D eigenvalue weighted by Crippen LogP contribution is 2.20. The lowest BCUT2D eigenvalue weighted by Crippen LogP contribution is -2.45. The average molecular weight is 1080 g/mol. The number of rotatable bonds is 69. The van der Waals surface area contributed by atoms with Crippen molar-refractivity contribution in [3.05, 3.63) is 12.2 Å². The zero-order chi connectivity index (χ0) is 55.5. The number of allylic oxidation sites excluding steroid dienone is 1. The second-order valence-corrected chi connectivity index (χ2v) is 25.4. The Kier molecular flexibility index (Phi) is 68.6. The van der Waals surface area contributed by atoms with Gasteiger partial charge in [-0.05, 0) is 19.3 Å². The van der Waals surface area contributed by atoms with Gasteiger partial charge in [0.25, 0.3) is 0 Å². The summed E-state index contributed by atoms with van der Waals surface area (Å²) in [5, 5.41) is 23.3. The van der Waals surface area contributed by atoms with Crippen LogP contribution in [-0.4, -0.2) is 34.9 Å². The van der Waals surface area contributed by atoms with Gasteiger partial charge < -0.3 is 15.5 Å². The van der Waals surface area contributed by atoms with Crippen LogP contribution in [0.3, 0.4) is 0 Å². The molecule has 0 aliphatic rings. The Balaban J connectivity index is 3.38. The number of unbranched alkanes of at least 4 members (excludes halogenated alkanes) is 62. The molecule has 2 atom stereocenters. The molecule has 0 aliphatic carbocycles. The van der Waals surface area contributed by atoms with Gasteiger partial charge in [-0.1, -0.05) is 418 Å². The lowest BCUT2D eigenvalue weighted by atomic mass is 10.0. The molecule has 0 fully saturated rings. The molecule has 4 heteroatoms. The van der Waals surface area contributed by atoms with E-state index in [1.54, 1.807) is 6.08 Å². The first-order chi connectivity index (χ1) is 38.2. The molecule has 460 valence electrons. The predicted octanol–water partition coefficient (Wildman–Crippen LogP) is 24.8. The number of carbonyl (C=O) groups is 1. The van der Waals surface area contributed by atoms with Crippen molar-refractivity contribution < 1.29 is 15.0 Å². The molecule has 4 nitrogen and oxygen atoms in total. The minimum atomic E-state index is -0.837. The molecule has 0 heterocycles. The van der Waals surface area contributed by atoms with Crippen LogP contribution in [0.4, 0.5) is 0 Å². The molecule has 0 spiro atoms. The summed E-state index contributed by atoms with van der Waals surface area (Å²) in [6.07, 6.45) is 93.3. The third-order valence-corrected chi connectivity index (χ3v) is 17.5. The Bertz CT molecular complexity index is 1090. The Morgan fingerprint density at radius 1 is 0.299 bits per heavy atom. The van der Waals surface area contributed by atoms with Gasteiger partial charge in [0.2, 0.25) is 5.91 Å². The maximum Gasteiger partial charge on any atom is 0.220 e. The first kappa shape index (κ1) is 76.1. The molecule has 0 bridgehead atoms. The van der Waals surface area contributed by atoms with Crippen molar-refractivity contribution in [2.75, 3.05) is 6.61 Å². The van der Waals surface area contributed by atoms with Crippen molar-refractivity contribution in [1.82, 2.24) is 5.32 Å². The maximum absolute atomic E-state index is 12.5. The van der Waals surface area contributed by atoms with Crippen molar-refractivity contribution in [3.63, 3.8) is 0 Å². The van der Waals surface area contributed by atoms with Crippen LogP contribution in [0.5, 0.6) is 0 Å². The summed E-state index contributed by atoms with van der Waals surface area (Å²) in [6.45, 7) is 4.37. The summed E-state index contributed by atoms with van der Waals surface area (Å²) in [4.78, 5) is 12.5. The van der Waals surface area contributed by atoms with E-state index < -0.39 is 12.1 Å². The second-order valence-electron chi connectivity index (χ2n) is 25.4. The smallest absolute Gasteiger partial charge is 0.220 e. The van der Waals surface area contributed by atoms with Gasteiger partial charge in [-0.3, -0.25) is 4.79 Å². The van der Waals surface area contributed by atoms with E-state index in [1.807, 2.05) is 6.08 Å². The molecule has 0 aliphatic heterocycles. The quantitative estimate of drug-likeness (QED) is 0.0420. The van der Waals surface area contributed by atoms with Crippen LogP contribution >= 0.6 is 0 Å². The Morgan fingerprint density at radius 3 is 0.675 bits per heavy atom. The zero-order valence-corrected chi connectivity index (χ0v) is 53.3. The van der Waals surface area contributed by atoms with Crippen molar-refractivity contribution >= 4 is 5.91 Å². The maximum atomic E-state index is 12.5. The van der Waals surface area contributed by atoms with Crippen molar-refractivity contribution in [2.24, 2.45) is 0 Å². The van der Waals surface area contributed by atoms with Crippen molar-refractivity contribution in [3.8, 4) is 0 Å². The highest BCUT2D eigenvalue weighted by Gasteiger charge is 2.18. The zero-order valence-electron chi connectivity index (χ0n) is 53.3. The van der Waals surface area contributed by atoms with Gasteiger partial charge in [-0.2, -0.15) is 0 Å². The van der Waals surface area contributed by atoms with E-state index in [-0.39, 0.29) is 12.5 Å². The van der Waals surface area contributed by atoms with E-state index in [1.165, 1.54) is 385 Å². The van der Waals surface area contributed by atoms with E-state index in [0.29, 0.717) is 6.42 Å². The SMILES string of the molecule is CCCCCCCCCCCCCCCCCCCCCCCCCCCCC/C=C/C(O)C(CO)NC(=O)CCCCCCCCCCCCCCCCCCCCCCCCCCCCCCCCCCCCCC. The third-order valence-electron chi connectivity index (χ3n) is 17.5. The van der Waals surface area contributed by atoms with E-state index >= 15 is 0 Å². The molecule has 0 aromatic heterocycles. The summed E-state index contributed by atoms with van der Waals surface area (Å²) in [7, 11) is 0. The molecule has 0 radical (unpaired) electrons. The Labute approximate surface area is 486 Å². The molecule has 0 saturated heterocycles. The Morgan fingerprint density at radius 2 is 0.481 bits per heavy atom. The lowest BCUT2D eigenvalue weighted by Gasteiger charge is -2.20. The first-order valence-electron chi connectivity index (χ1n) is 36.4. The van der Waals surface area contributed by atoms with Crippen LogP contribution in [0.25, 0.3) is 0 Å². The van der Waals surface area contributed by atoms with Crippen LogP contribution in [0.1, 0.15) is 431 Å². The number of aliphatic hydroxyl groups is 2. The van der Waals surface area contributed by atoms with Gasteiger partial charge in [0.15, 0.2) is 0 Å². The van der Waals surface area contributed by atoms with Gasteiger partial charge in [0.05, 0.1) is 18.8 Å². The number of hydrogen-bond acceptors (Lipinski definition) is 3. The fraction of sp³-hybridized carbons (Fsp3) is 0.959. The number of amides is 1. The molecule has 2 unspecified atom stereocenters.